The van der Waals surface area contributed by atoms with E-state index < -0.39 is 0 Å². The molecule has 0 unspecified atom stereocenters. The summed E-state index contributed by atoms with van der Waals surface area (Å²) in [5.41, 5.74) is 0. The van der Waals surface area contributed by atoms with Crippen molar-refractivity contribution in [1.29, 1.82) is 0 Å². The largest absolute Gasteiger partial charge is 0.355 e. The molecule has 0 aromatic heterocycles. The molecule has 3 heteroatoms. The van der Waals surface area contributed by atoms with Gasteiger partial charge in [0, 0.05) is 6.54 Å². The Hall–Kier alpha value is -0.180. The molecule has 0 fully saturated rings. The molecule has 1 N–H and O–H groups in total. The molecule has 0 aliphatic carbocycles. The van der Waals surface area contributed by atoms with E-state index in [9.17, 15) is 4.79 Å². The van der Waals surface area contributed by atoms with Crippen LogP contribution in [0.2, 0.25) is 0 Å². The van der Waals surface area contributed by atoms with Gasteiger partial charge in [0.1, 0.15) is 0 Å². The summed E-state index contributed by atoms with van der Waals surface area (Å²) in [4.78, 5) is 11.0. The second-order valence-electron chi connectivity index (χ2n) is 2.69. The molecule has 0 aliphatic rings. The van der Waals surface area contributed by atoms with Crippen LogP contribution in [0.1, 0.15) is 33.1 Å². The molecular formula is C9H19NOS. The number of hydrogen-bond acceptors (Lipinski definition) is 2. The highest BCUT2D eigenvalue weighted by atomic mass is 32.2. The van der Waals surface area contributed by atoms with Crippen LogP contribution in [-0.2, 0) is 4.79 Å². The SMILES string of the molecule is CCCCCNC(=O)CSCC. The van der Waals surface area contributed by atoms with Gasteiger partial charge in [-0.3, -0.25) is 4.79 Å². The summed E-state index contributed by atoms with van der Waals surface area (Å²) in [6.07, 6.45) is 3.53. The third-order valence-corrected chi connectivity index (χ3v) is 2.41. The molecule has 0 aliphatic heterocycles. The Balaban J connectivity index is 3.08. The van der Waals surface area contributed by atoms with Crippen molar-refractivity contribution in [2.75, 3.05) is 18.1 Å². The fourth-order valence-corrected chi connectivity index (χ4v) is 1.34. The van der Waals surface area contributed by atoms with Crippen LogP contribution < -0.4 is 5.32 Å². The first-order valence-electron chi connectivity index (χ1n) is 4.65. The lowest BCUT2D eigenvalue weighted by Crippen LogP contribution is -2.26. The first-order valence-corrected chi connectivity index (χ1v) is 5.81. The van der Waals surface area contributed by atoms with Crippen molar-refractivity contribution in [2.45, 2.75) is 33.1 Å². The highest BCUT2D eigenvalue weighted by molar-refractivity contribution is 7.99. The van der Waals surface area contributed by atoms with Gasteiger partial charge in [0.05, 0.1) is 5.75 Å². The zero-order valence-corrected chi connectivity index (χ0v) is 8.88. The van der Waals surface area contributed by atoms with Crippen LogP contribution in [0.4, 0.5) is 0 Å². The number of unbranched alkanes of at least 4 members (excludes halogenated alkanes) is 2. The van der Waals surface area contributed by atoms with Crippen molar-refractivity contribution in [1.82, 2.24) is 5.32 Å². The zero-order chi connectivity index (χ0) is 9.23. The highest BCUT2D eigenvalue weighted by Gasteiger charge is 1.97. The normalized spacial score (nSPS) is 9.83. The van der Waals surface area contributed by atoms with Gasteiger partial charge in [0.15, 0.2) is 0 Å². The number of carbonyl (C=O) groups is 1. The molecule has 0 atom stereocenters. The van der Waals surface area contributed by atoms with Crippen molar-refractivity contribution < 1.29 is 4.79 Å². The molecule has 0 heterocycles. The van der Waals surface area contributed by atoms with Crippen LogP contribution >= 0.6 is 11.8 Å². The molecule has 0 rings (SSSR count). The molecule has 0 saturated carbocycles. The van der Waals surface area contributed by atoms with Crippen LogP contribution in [0.3, 0.4) is 0 Å². The number of thioether (sulfide) groups is 1. The third kappa shape index (κ3) is 7.92. The lowest BCUT2D eigenvalue weighted by Gasteiger charge is -2.02. The zero-order valence-electron chi connectivity index (χ0n) is 8.06. The Kier molecular flexibility index (Phi) is 8.78. The second-order valence-corrected chi connectivity index (χ2v) is 3.97. The van der Waals surface area contributed by atoms with Gasteiger partial charge in [-0.1, -0.05) is 26.7 Å². The van der Waals surface area contributed by atoms with Crippen molar-refractivity contribution in [3.63, 3.8) is 0 Å². The van der Waals surface area contributed by atoms with Gasteiger partial charge in [-0.25, -0.2) is 0 Å². The maximum absolute atomic E-state index is 11.0. The summed E-state index contributed by atoms with van der Waals surface area (Å²) in [7, 11) is 0. The molecule has 0 saturated heterocycles. The smallest absolute Gasteiger partial charge is 0.229 e. The Morgan fingerprint density at radius 2 is 2.08 bits per heavy atom. The van der Waals surface area contributed by atoms with E-state index >= 15 is 0 Å². The van der Waals surface area contributed by atoms with Crippen LogP contribution in [0.25, 0.3) is 0 Å². The molecule has 2 nitrogen and oxygen atoms in total. The molecule has 0 bridgehead atoms. The summed E-state index contributed by atoms with van der Waals surface area (Å²) < 4.78 is 0. The van der Waals surface area contributed by atoms with Crippen LogP contribution in [-0.4, -0.2) is 24.0 Å². The summed E-state index contributed by atoms with van der Waals surface area (Å²) >= 11 is 1.67. The minimum Gasteiger partial charge on any atom is -0.355 e. The van der Waals surface area contributed by atoms with Crippen LogP contribution in [0.5, 0.6) is 0 Å². The van der Waals surface area contributed by atoms with Gasteiger partial charge in [0.2, 0.25) is 5.91 Å². The van der Waals surface area contributed by atoms with Crippen molar-refractivity contribution in [3.05, 3.63) is 0 Å². The topological polar surface area (TPSA) is 29.1 Å². The van der Waals surface area contributed by atoms with E-state index in [-0.39, 0.29) is 5.91 Å². The Bertz CT molecular complexity index is 117. The van der Waals surface area contributed by atoms with Gasteiger partial charge in [-0.2, -0.15) is 11.8 Å². The van der Waals surface area contributed by atoms with E-state index in [0.29, 0.717) is 5.75 Å². The van der Waals surface area contributed by atoms with Gasteiger partial charge < -0.3 is 5.32 Å². The van der Waals surface area contributed by atoms with Gasteiger partial charge in [-0.15, -0.1) is 0 Å². The van der Waals surface area contributed by atoms with E-state index in [1.165, 1.54) is 12.8 Å². The first kappa shape index (κ1) is 11.8. The van der Waals surface area contributed by atoms with E-state index in [0.717, 1.165) is 18.7 Å². The highest BCUT2D eigenvalue weighted by Crippen LogP contribution is 1.97. The molecule has 0 aromatic carbocycles. The average Bonchev–Trinajstić information content (AvgIpc) is 2.09. The lowest BCUT2D eigenvalue weighted by atomic mass is 10.2. The summed E-state index contributed by atoms with van der Waals surface area (Å²) in [6, 6.07) is 0. The molecule has 1 amide bonds. The summed E-state index contributed by atoms with van der Waals surface area (Å²) in [5.74, 6) is 1.81. The maximum Gasteiger partial charge on any atom is 0.229 e. The summed E-state index contributed by atoms with van der Waals surface area (Å²) in [6.45, 7) is 5.07. The number of rotatable bonds is 7. The molecule has 12 heavy (non-hydrogen) atoms. The summed E-state index contributed by atoms with van der Waals surface area (Å²) in [5, 5.41) is 2.89. The number of nitrogens with one attached hydrogen (secondary N) is 1. The predicted molar refractivity (Wildman–Crippen MR) is 55.5 cm³/mol. The van der Waals surface area contributed by atoms with Gasteiger partial charge >= 0.3 is 0 Å². The van der Waals surface area contributed by atoms with Crippen molar-refractivity contribution in [2.24, 2.45) is 0 Å². The quantitative estimate of drug-likeness (QED) is 0.621. The van der Waals surface area contributed by atoms with Gasteiger partial charge in [0.25, 0.3) is 0 Å². The van der Waals surface area contributed by atoms with E-state index in [2.05, 4.69) is 19.2 Å². The number of amides is 1. The standard InChI is InChI=1S/C9H19NOS/c1-3-5-6-7-10-9(11)8-12-4-2/h3-8H2,1-2H3,(H,10,11). The van der Waals surface area contributed by atoms with Crippen LogP contribution in [0, 0.1) is 0 Å². The molecular weight excluding hydrogens is 170 g/mol. The fraction of sp³-hybridized carbons (Fsp3) is 0.889. The monoisotopic (exact) mass is 189 g/mol. The number of hydrogen-bond donors (Lipinski definition) is 1. The fourth-order valence-electron chi connectivity index (χ4n) is 0.849. The maximum atomic E-state index is 11.0. The average molecular weight is 189 g/mol. The minimum absolute atomic E-state index is 0.179. The third-order valence-electron chi connectivity index (χ3n) is 1.54. The van der Waals surface area contributed by atoms with E-state index in [1.807, 2.05) is 0 Å². The van der Waals surface area contributed by atoms with Gasteiger partial charge in [-0.05, 0) is 12.2 Å². The Labute approximate surface area is 79.5 Å². The predicted octanol–water partition coefficient (Wildman–Crippen LogP) is 2.05. The van der Waals surface area contributed by atoms with Crippen LogP contribution in [0.15, 0.2) is 0 Å². The van der Waals surface area contributed by atoms with Crippen molar-refractivity contribution >= 4 is 17.7 Å². The second kappa shape index (κ2) is 8.91. The van der Waals surface area contributed by atoms with E-state index in [1.54, 1.807) is 11.8 Å². The van der Waals surface area contributed by atoms with Crippen molar-refractivity contribution in [3.8, 4) is 0 Å². The molecule has 0 aromatic rings. The molecule has 0 radical (unpaired) electrons. The Morgan fingerprint density at radius 3 is 2.67 bits per heavy atom. The minimum atomic E-state index is 0.179. The lowest BCUT2D eigenvalue weighted by molar-refractivity contribution is -0.118. The molecule has 0 spiro atoms. The first-order chi connectivity index (χ1) is 5.81. The molecule has 72 valence electrons. The van der Waals surface area contributed by atoms with E-state index in [4.69, 9.17) is 0 Å². The number of carbonyl (C=O) groups excluding carboxylic acids is 1. The Morgan fingerprint density at radius 1 is 1.33 bits per heavy atom.